The number of para-hydroxylation sites is 1. The summed E-state index contributed by atoms with van der Waals surface area (Å²) in [5.41, 5.74) is 4.43. The van der Waals surface area contributed by atoms with Crippen LogP contribution in [0, 0.1) is 13.8 Å². The molecule has 0 aliphatic carbocycles. The first-order valence-electron chi connectivity index (χ1n) is 8.21. The summed E-state index contributed by atoms with van der Waals surface area (Å²) in [7, 11) is 0. The van der Waals surface area contributed by atoms with E-state index >= 15 is 0 Å². The first-order valence-corrected chi connectivity index (χ1v) is 8.21. The standard InChI is InChI=1S/C22H19NO/c1-15-7-5-12-19-16(2)13-21(24)23(22(15)19)14-18-10-6-9-17-8-3-4-11-20(17)18/h3-13H,14H2,1-2H3. The maximum absolute atomic E-state index is 12.7. The van der Waals surface area contributed by atoms with Gasteiger partial charge >= 0.3 is 0 Å². The second-order valence-corrected chi connectivity index (χ2v) is 6.36. The van der Waals surface area contributed by atoms with Gasteiger partial charge in [0.15, 0.2) is 0 Å². The highest BCUT2D eigenvalue weighted by atomic mass is 16.1. The van der Waals surface area contributed by atoms with Crippen LogP contribution in [-0.2, 0) is 6.54 Å². The molecule has 1 heterocycles. The summed E-state index contributed by atoms with van der Waals surface area (Å²) >= 11 is 0. The van der Waals surface area contributed by atoms with Crippen molar-refractivity contribution in [3.63, 3.8) is 0 Å². The van der Waals surface area contributed by atoms with Crippen molar-refractivity contribution in [2.75, 3.05) is 0 Å². The summed E-state index contributed by atoms with van der Waals surface area (Å²) in [4.78, 5) is 12.7. The van der Waals surface area contributed by atoms with Gasteiger partial charge in [-0.25, -0.2) is 0 Å². The first-order chi connectivity index (χ1) is 11.6. The van der Waals surface area contributed by atoms with Crippen LogP contribution in [0.25, 0.3) is 21.7 Å². The van der Waals surface area contributed by atoms with Gasteiger partial charge in [0, 0.05) is 11.5 Å². The fraction of sp³-hybridized carbons (Fsp3) is 0.136. The number of aryl methyl sites for hydroxylation is 2. The zero-order valence-electron chi connectivity index (χ0n) is 13.9. The zero-order chi connectivity index (χ0) is 16.7. The van der Waals surface area contributed by atoms with E-state index in [4.69, 9.17) is 0 Å². The quantitative estimate of drug-likeness (QED) is 0.520. The molecule has 2 heteroatoms. The number of pyridine rings is 1. The predicted octanol–water partition coefficient (Wildman–Crippen LogP) is 4.82. The third kappa shape index (κ3) is 2.31. The second kappa shape index (κ2) is 5.64. The minimum absolute atomic E-state index is 0.0576. The van der Waals surface area contributed by atoms with Crippen LogP contribution in [-0.4, -0.2) is 4.57 Å². The average molecular weight is 313 g/mol. The predicted molar refractivity (Wildman–Crippen MR) is 101 cm³/mol. The molecular formula is C22H19NO. The summed E-state index contributed by atoms with van der Waals surface area (Å²) in [6.07, 6.45) is 0. The third-order valence-corrected chi connectivity index (χ3v) is 4.75. The van der Waals surface area contributed by atoms with Crippen molar-refractivity contribution in [3.05, 3.63) is 93.8 Å². The smallest absolute Gasteiger partial charge is 0.251 e. The van der Waals surface area contributed by atoms with Crippen LogP contribution in [0.15, 0.2) is 71.5 Å². The molecule has 0 amide bonds. The molecule has 0 bridgehead atoms. The number of benzene rings is 3. The molecule has 0 aliphatic heterocycles. The van der Waals surface area contributed by atoms with Crippen molar-refractivity contribution in [2.45, 2.75) is 20.4 Å². The van der Waals surface area contributed by atoms with Crippen molar-refractivity contribution in [1.29, 1.82) is 0 Å². The number of hydrogen-bond acceptors (Lipinski definition) is 1. The lowest BCUT2D eigenvalue weighted by Gasteiger charge is -2.15. The number of aromatic nitrogens is 1. The van der Waals surface area contributed by atoms with E-state index in [0.29, 0.717) is 6.54 Å². The maximum atomic E-state index is 12.7. The molecule has 118 valence electrons. The van der Waals surface area contributed by atoms with Gasteiger partial charge < -0.3 is 4.57 Å². The lowest BCUT2D eigenvalue weighted by Crippen LogP contribution is -2.21. The van der Waals surface area contributed by atoms with Gasteiger partial charge in [0.2, 0.25) is 0 Å². The largest absolute Gasteiger partial charge is 0.304 e. The molecular weight excluding hydrogens is 294 g/mol. The van der Waals surface area contributed by atoms with E-state index in [1.54, 1.807) is 6.07 Å². The molecule has 0 fully saturated rings. The molecule has 0 spiro atoms. The topological polar surface area (TPSA) is 22.0 Å². The second-order valence-electron chi connectivity index (χ2n) is 6.36. The van der Waals surface area contributed by atoms with Crippen LogP contribution in [0.2, 0.25) is 0 Å². The summed E-state index contributed by atoms with van der Waals surface area (Å²) < 4.78 is 1.90. The maximum Gasteiger partial charge on any atom is 0.251 e. The molecule has 4 aromatic rings. The summed E-state index contributed by atoms with van der Waals surface area (Å²) in [6, 6.07) is 22.6. The fourth-order valence-corrected chi connectivity index (χ4v) is 3.54. The van der Waals surface area contributed by atoms with Crippen molar-refractivity contribution < 1.29 is 0 Å². The molecule has 0 radical (unpaired) electrons. The highest BCUT2D eigenvalue weighted by molar-refractivity contribution is 5.87. The molecule has 0 unspecified atom stereocenters. The van der Waals surface area contributed by atoms with Crippen LogP contribution in [0.4, 0.5) is 0 Å². The molecule has 0 saturated carbocycles. The summed E-state index contributed by atoms with van der Waals surface area (Å²) in [5, 5.41) is 3.56. The lowest BCUT2D eigenvalue weighted by molar-refractivity contribution is 0.795. The minimum atomic E-state index is 0.0576. The van der Waals surface area contributed by atoms with Crippen LogP contribution in [0.1, 0.15) is 16.7 Å². The number of hydrogen-bond donors (Lipinski definition) is 0. The van der Waals surface area contributed by atoms with E-state index in [1.807, 2.05) is 23.6 Å². The van der Waals surface area contributed by atoms with Crippen LogP contribution < -0.4 is 5.56 Å². The molecule has 0 saturated heterocycles. The summed E-state index contributed by atoms with van der Waals surface area (Å²) in [5.74, 6) is 0. The average Bonchev–Trinajstić information content (AvgIpc) is 2.59. The van der Waals surface area contributed by atoms with E-state index in [2.05, 4.69) is 55.5 Å². The molecule has 3 aromatic carbocycles. The van der Waals surface area contributed by atoms with Gasteiger partial charge in [-0.3, -0.25) is 4.79 Å². The minimum Gasteiger partial charge on any atom is -0.304 e. The van der Waals surface area contributed by atoms with E-state index in [1.165, 1.54) is 16.3 Å². The van der Waals surface area contributed by atoms with Gasteiger partial charge in [0.25, 0.3) is 5.56 Å². The van der Waals surface area contributed by atoms with E-state index in [9.17, 15) is 4.79 Å². The van der Waals surface area contributed by atoms with E-state index in [0.717, 1.165) is 22.0 Å². The summed E-state index contributed by atoms with van der Waals surface area (Å²) in [6.45, 7) is 4.66. The molecule has 4 rings (SSSR count). The number of rotatable bonds is 2. The first kappa shape index (κ1) is 14.7. The number of fused-ring (bicyclic) bond motifs is 2. The Morgan fingerprint density at radius 3 is 2.38 bits per heavy atom. The normalized spacial score (nSPS) is 11.2. The lowest BCUT2D eigenvalue weighted by atomic mass is 10.0. The van der Waals surface area contributed by atoms with E-state index < -0.39 is 0 Å². The fourth-order valence-electron chi connectivity index (χ4n) is 3.54. The van der Waals surface area contributed by atoms with Crippen molar-refractivity contribution in [1.82, 2.24) is 4.57 Å². The van der Waals surface area contributed by atoms with Crippen LogP contribution in [0.3, 0.4) is 0 Å². The van der Waals surface area contributed by atoms with Gasteiger partial charge in [0.1, 0.15) is 0 Å². The van der Waals surface area contributed by atoms with Gasteiger partial charge in [-0.1, -0.05) is 60.7 Å². The highest BCUT2D eigenvalue weighted by Gasteiger charge is 2.10. The van der Waals surface area contributed by atoms with Gasteiger partial charge in [-0.05, 0) is 41.3 Å². The molecule has 0 N–H and O–H groups in total. The Kier molecular flexibility index (Phi) is 3.46. The molecule has 0 aliphatic rings. The van der Waals surface area contributed by atoms with Crippen molar-refractivity contribution >= 4 is 21.7 Å². The zero-order valence-corrected chi connectivity index (χ0v) is 13.9. The third-order valence-electron chi connectivity index (χ3n) is 4.75. The van der Waals surface area contributed by atoms with Crippen LogP contribution >= 0.6 is 0 Å². The van der Waals surface area contributed by atoms with Crippen LogP contribution in [0.5, 0.6) is 0 Å². The van der Waals surface area contributed by atoms with Crippen molar-refractivity contribution in [2.24, 2.45) is 0 Å². The molecule has 0 atom stereocenters. The highest BCUT2D eigenvalue weighted by Crippen LogP contribution is 2.23. The SMILES string of the molecule is Cc1cc(=O)n(Cc2cccc3ccccc23)c2c(C)cccc12. The Morgan fingerprint density at radius 1 is 0.792 bits per heavy atom. The van der Waals surface area contributed by atoms with Gasteiger partial charge in [-0.2, -0.15) is 0 Å². The van der Waals surface area contributed by atoms with Gasteiger partial charge in [-0.15, -0.1) is 0 Å². The molecule has 24 heavy (non-hydrogen) atoms. The Bertz CT molecular complexity index is 1120. The van der Waals surface area contributed by atoms with Crippen molar-refractivity contribution in [3.8, 4) is 0 Å². The molecule has 1 aromatic heterocycles. The van der Waals surface area contributed by atoms with E-state index in [-0.39, 0.29) is 5.56 Å². The Balaban J connectivity index is 1.99. The Labute approximate surface area is 141 Å². The number of nitrogens with zero attached hydrogens (tertiary/aromatic N) is 1. The van der Waals surface area contributed by atoms with Gasteiger partial charge in [0.05, 0.1) is 12.1 Å². The monoisotopic (exact) mass is 313 g/mol. The Hall–Kier alpha value is -2.87. The molecule has 2 nitrogen and oxygen atoms in total. The Morgan fingerprint density at radius 2 is 1.50 bits per heavy atom.